The molecule has 0 heterocycles. The summed E-state index contributed by atoms with van der Waals surface area (Å²) in [4.78, 5) is 12.3. The third-order valence-corrected chi connectivity index (χ3v) is 3.56. The molecule has 2 aromatic rings. The molecule has 2 aromatic carbocycles. The highest BCUT2D eigenvalue weighted by Crippen LogP contribution is 2.34. The van der Waals surface area contributed by atoms with Crippen molar-refractivity contribution in [2.45, 2.75) is 0 Å². The fourth-order valence-corrected chi connectivity index (χ4v) is 2.61. The average molecular weight is 346 g/mol. The van der Waals surface area contributed by atoms with E-state index >= 15 is 0 Å². The molecule has 0 aliphatic carbocycles. The molecule has 0 saturated heterocycles. The molecule has 0 aliphatic heterocycles. The molecule has 2 rings (SSSR count). The maximum Gasteiger partial charge on any atom is 0.257 e. The molecule has 0 aliphatic rings. The van der Waals surface area contributed by atoms with Gasteiger partial charge in [-0.15, -0.1) is 0 Å². The van der Waals surface area contributed by atoms with Gasteiger partial charge in [-0.3, -0.25) is 4.79 Å². The van der Waals surface area contributed by atoms with Crippen LogP contribution in [0.5, 0.6) is 5.75 Å². The Labute approximate surface area is 136 Å². The molecule has 0 saturated carbocycles. The molecule has 0 bridgehead atoms. The van der Waals surface area contributed by atoms with Crippen molar-refractivity contribution in [3.05, 3.63) is 51.0 Å². The van der Waals surface area contributed by atoms with Crippen molar-refractivity contribution in [1.29, 1.82) is 0 Å². The molecular formula is C14H11Cl3N2O2. The van der Waals surface area contributed by atoms with Gasteiger partial charge in [-0.25, -0.2) is 0 Å². The van der Waals surface area contributed by atoms with Gasteiger partial charge in [-0.05, 0) is 30.3 Å². The van der Waals surface area contributed by atoms with Crippen LogP contribution >= 0.6 is 34.8 Å². The summed E-state index contributed by atoms with van der Waals surface area (Å²) in [5.41, 5.74) is 6.64. The Morgan fingerprint density at radius 1 is 1.14 bits per heavy atom. The summed E-state index contributed by atoms with van der Waals surface area (Å²) < 4.78 is 5.07. The van der Waals surface area contributed by atoms with Gasteiger partial charge in [0.2, 0.25) is 0 Å². The zero-order chi connectivity index (χ0) is 15.6. The van der Waals surface area contributed by atoms with Gasteiger partial charge in [0, 0.05) is 10.7 Å². The largest absolute Gasteiger partial charge is 0.497 e. The minimum atomic E-state index is -0.447. The SMILES string of the molecule is COc1ccc(N)c(C(=O)Nc2c(Cl)cc(Cl)cc2Cl)c1. The number of anilines is 2. The Bertz CT molecular complexity index is 682. The van der Waals surface area contributed by atoms with Gasteiger partial charge < -0.3 is 15.8 Å². The van der Waals surface area contributed by atoms with Crippen LogP contribution < -0.4 is 15.8 Å². The van der Waals surface area contributed by atoms with Crippen molar-refractivity contribution < 1.29 is 9.53 Å². The van der Waals surface area contributed by atoms with Crippen LogP contribution in [0.15, 0.2) is 30.3 Å². The van der Waals surface area contributed by atoms with Gasteiger partial charge in [0.1, 0.15) is 5.75 Å². The van der Waals surface area contributed by atoms with Crippen LogP contribution in [0.3, 0.4) is 0 Å². The van der Waals surface area contributed by atoms with E-state index in [1.54, 1.807) is 12.1 Å². The van der Waals surface area contributed by atoms with E-state index in [0.29, 0.717) is 16.5 Å². The third-order valence-electron chi connectivity index (χ3n) is 2.75. The predicted molar refractivity (Wildman–Crippen MR) is 86.8 cm³/mol. The smallest absolute Gasteiger partial charge is 0.257 e. The Morgan fingerprint density at radius 3 is 2.33 bits per heavy atom. The topological polar surface area (TPSA) is 64.3 Å². The molecule has 0 aromatic heterocycles. The Balaban J connectivity index is 2.35. The summed E-state index contributed by atoms with van der Waals surface area (Å²) in [6.45, 7) is 0. The molecule has 0 radical (unpaired) electrons. The minimum Gasteiger partial charge on any atom is -0.497 e. The minimum absolute atomic E-state index is 0.238. The van der Waals surface area contributed by atoms with Crippen molar-refractivity contribution in [3.63, 3.8) is 0 Å². The molecule has 0 atom stereocenters. The number of carbonyl (C=O) groups excluding carboxylic acids is 1. The summed E-state index contributed by atoms with van der Waals surface area (Å²) >= 11 is 17.9. The van der Waals surface area contributed by atoms with E-state index < -0.39 is 5.91 Å². The van der Waals surface area contributed by atoms with E-state index in [4.69, 9.17) is 45.3 Å². The highest BCUT2D eigenvalue weighted by Gasteiger charge is 2.15. The molecule has 110 valence electrons. The van der Waals surface area contributed by atoms with Gasteiger partial charge in [0.25, 0.3) is 5.91 Å². The van der Waals surface area contributed by atoms with Crippen molar-refractivity contribution >= 4 is 52.1 Å². The second kappa shape index (κ2) is 6.43. The number of nitrogens with one attached hydrogen (secondary N) is 1. The van der Waals surface area contributed by atoms with E-state index in [1.807, 2.05) is 0 Å². The fourth-order valence-electron chi connectivity index (χ4n) is 1.70. The van der Waals surface area contributed by atoms with Crippen molar-refractivity contribution in [1.82, 2.24) is 0 Å². The van der Waals surface area contributed by atoms with E-state index in [0.717, 1.165) is 0 Å². The van der Waals surface area contributed by atoms with E-state index in [1.165, 1.54) is 25.3 Å². The first-order valence-corrected chi connectivity index (χ1v) is 6.95. The van der Waals surface area contributed by atoms with Crippen molar-refractivity contribution in [2.24, 2.45) is 0 Å². The van der Waals surface area contributed by atoms with Gasteiger partial charge in [0.15, 0.2) is 0 Å². The first-order chi connectivity index (χ1) is 9.92. The lowest BCUT2D eigenvalue weighted by atomic mass is 10.1. The van der Waals surface area contributed by atoms with Crippen LogP contribution in [0, 0.1) is 0 Å². The molecule has 0 unspecified atom stereocenters. The number of nitrogen functional groups attached to an aromatic ring is 1. The Morgan fingerprint density at radius 2 is 1.76 bits per heavy atom. The molecule has 4 nitrogen and oxygen atoms in total. The lowest BCUT2D eigenvalue weighted by Gasteiger charge is -2.12. The summed E-state index contributed by atoms with van der Waals surface area (Å²) in [7, 11) is 1.50. The normalized spacial score (nSPS) is 10.3. The Kier molecular flexibility index (Phi) is 4.83. The van der Waals surface area contributed by atoms with E-state index in [9.17, 15) is 4.79 Å². The van der Waals surface area contributed by atoms with Gasteiger partial charge in [-0.2, -0.15) is 0 Å². The summed E-state index contributed by atoms with van der Waals surface area (Å²) in [6.07, 6.45) is 0. The molecule has 21 heavy (non-hydrogen) atoms. The lowest BCUT2D eigenvalue weighted by Crippen LogP contribution is -2.14. The fraction of sp³-hybridized carbons (Fsp3) is 0.0714. The van der Waals surface area contributed by atoms with Gasteiger partial charge >= 0.3 is 0 Å². The summed E-state index contributed by atoms with van der Waals surface area (Å²) in [5, 5.41) is 3.47. The lowest BCUT2D eigenvalue weighted by molar-refractivity contribution is 0.102. The van der Waals surface area contributed by atoms with Crippen LogP contribution in [-0.4, -0.2) is 13.0 Å². The number of nitrogens with two attached hydrogens (primary N) is 1. The number of amides is 1. The quantitative estimate of drug-likeness (QED) is 0.806. The van der Waals surface area contributed by atoms with Crippen molar-refractivity contribution in [2.75, 3.05) is 18.2 Å². The number of hydrogen-bond acceptors (Lipinski definition) is 3. The highest BCUT2D eigenvalue weighted by atomic mass is 35.5. The van der Waals surface area contributed by atoms with Crippen LogP contribution in [-0.2, 0) is 0 Å². The number of hydrogen-bond donors (Lipinski definition) is 2. The maximum absolute atomic E-state index is 12.3. The first kappa shape index (κ1) is 15.8. The van der Waals surface area contributed by atoms with Crippen molar-refractivity contribution in [3.8, 4) is 5.75 Å². The predicted octanol–water partition coefficient (Wildman–Crippen LogP) is 4.49. The molecule has 0 fully saturated rings. The van der Waals surface area contributed by atoms with Crippen LogP contribution in [0.1, 0.15) is 10.4 Å². The van der Waals surface area contributed by atoms with Crippen LogP contribution in [0.2, 0.25) is 15.1 Å². The summed E-state index contributed by atoms with van der Waals surface area (Å²) in [5.74, 6) is 0.0696. The maximum atomic E-state index is 12.3. The molecule has 3 N–H and O–H groups in total. The van der Waals surface area contributed by atoms with E-state index in [2.05, 4.69) is 5.32 Å². The number of benzene rings is 2. The first-order valence-electron chi connectivity index (χ1n) is 5.81. The molecule has 7 heteroatoms. The average Bonchev–Trinajstić information content (AvgIpc) is 2.43. The number of ether oxygens (including phenoxy) is 1. The highest BCUT2D eigenvalue weighted by molar-refractivity contribution is 6.42. The molecule has 1 amide bonds. The number of methoxy groups -OCH3 is 1. The van der Waals surface area contributed by atoms with Gasteiger partial charge in [-0.1, -0.05) is 34.8 Å². The second-order valence-corrected chi connectivity index (χ2v) is 5.40. The molecular weight excluding hydrogens is 335 g/mol. The standard InChI is InChI=1S/C14H11Cl3N2O2/c1-21-8-2-3-12(18)9(6-8)14(20)19-13-10(16)4-7(15)5-11(13)17/h2-6H,18H2,1H3,(H,19,20). The second-order valence-electron chi connectivity index (χ2n) is 4.15. The molecule has 0 spiro atoms. The number of halogens is 3. The third kappa shape index (κ3) is 3.53. The monoisotopic (exact) mass is 344 g/mol. The van der Waals surface area contributed by atoms with Gasteiger partial charge in [0.05, 0.1) is 28.4 Å². The number of carbonyl (C=O) groups is 1. The Hall–Kier alpha value is -1.62. The number of rotatable bonds is 3. The van der Waals surface area contributed by atoms with Crippen LogP contribution in [0.4, 0.5) is 11.4 Å². The zero-order valence-electron chi connectivity index (χ0n) is 10.9. The van der Waals surface area contributed by atoms with E-state index in [-0.39, 0.29) is 21.3 Å². The zero-order valence-corrected chi connectivity index (χ0v) is 13.2. The van der Waals surface area contributed by atoms with Crippen LogP contribution in [0.25, 0.3) is 0 Å². The summed E-state index contributed by atoms with van der Waals surface area (Å²) in [6, 6.07) is 7.74.